The van der Waals surface area contributed by atoms with Crippen LogP contribution in [0.1, 0.15) is 13.8 Å². The van der Waals surface area contributed by atoms with Crippen molar-refractivity contribution in [3.05, 3.63) is 42.7 Å². The van der Waals surface area contributed by atoms with Crippen LogP contribution in [0.3, 0.4) is 0 Å². The summed E-state index contributed by atoms with van der Waals surface area (Å²) in [4.78, 5) is 0. The van der Waals surface area contributed by atoms with E-state index in [0.29, 0.717) is 5.75 Å². The molecular formula is C12H15FO2. The zero-order chi connectivity index (χ0) is 11.5. The third kappa shape index (κ3) is 3.06. The molecule has 1 unspecified atom stereocenters. The van der Waals surface area contributed by atoms with Crippen LogP contribution in [0, 0.1) is 5.82 Å². The first-order chi connectivity index (χ1) is 6.95. The molecule has 0 fully saturated rings. The van der Waals surface area contributed by atoms with E-state index in [1.165, 1.54) is 30.3 Å². The molecule has 0 bridgehead atoms. The van der Waals surface area contributed by atoms with Gasteiger partial charge in [0.15, 0.2) is 0 Å². The SMILES string of the molecule is C=CC(O)C(C)(C)Oc1ccc(F)cc1. The van der Waals surface area contributed by atoms with Crippen LogP contribution in [-0.4, -0.2) is 16.8 Å². The average molecular weight is 210 g/mol. The van der Waals surface area contributed by atoms with Crippen molar-refractivity contribution >= 4 is 0 Å². The number of aliphatic hydroxyl groups is 1. The lowest BCUT2D eigenvalue weighted by molar-refractivity contribution is -0.00158. The zero-order valence-electron chi connectivity index (χ0n) is 8.90. The summed E-state index contributed by atoms with van der Waals surface area (Å²) in [5, 5.41) is 9.58. The van der Waals surface area contributed by atoms with Crippen LogP contribution in [0.5, 0.6) is 5.75 Å². The maximum absolute atomic E-state index is 12.6. The molecule has 0 aliphatic heterocycles. The minimum atomic E-state index is -0.778. The van der Waals surface area contributed by atoms with Gasteiger partial charge in [0.2, 0.25) is 0 Å². The number of hydrogen-bond acceptors (Lipinski definition) is 2. The summed E-state index contributed by atoms with van der Waals surface area (Å²) in [6.45, 7) is 6.97. The molecule has 1 atom stereocenters. The molecule has 82 valence electrons. The monoisotopic (exact) mass is 210 g/mol. The van der Waals surface area contributed by atoms with Crippen molar-refractivity contribution in [1.82, 2.24) is 0 Å². The van der Waals surface area contributed by atoms with Crippen LogP contribution < -0.4 is 4.74 Å². The van der Waals surface area contributed by atoms with Gasteiger partial charge in [-0.2, -0.15) is 0 Å². The number of hydrogen-bond donors (Lipinski definition) is 1. The van der Waals surface area contributed by atoms with Crippen LogP contribution in [-0.2, 0) is 0 Å². The Morgan fingerprint density at radius 3 is 2.40 bits per heavy atom. The Bertz CT molecular complexity index is 330. The molecular weight excluding hydrogens is 195 g/mol. The summed E-state index contributed by atoms with van der Waals surface area (Å²) in [6, 6.07) is 5.66. The van der Waals surface area contributed by atoms with Crippen LogP contribution in [0.15, 0.2) is 36.9 Å². The molecule has 3 heteroatoms. The minimum absolute atomic E-state index is 0.315. The van der Waals surface area contributed by atoms with Crippen molar-refractivity contribution in [2.45, 2.75) is 25.6 Å². The van der Waals surface area contributed by atoms with E-state index in [0.717, 1.165) is 0 Å². The summed E-state index contributed by atoms with van der Waals surface area (Å²) >= 11 is 0. The molecule has 0 spiro atoms. The van der Waals surface area contributed by atoms with Gasteiger partial charge in [0.25, 0.3) is 0 Å². The normalized spacial score (nSPS) is 13.3. The Kier molecular flexibility index (Phi) is 3.48. The van der Waals surface area contributed by atoms with E-state index in [-0.39, 0.29) is 5.82 Å². The third-order valence-corrected chi connectivity index (χ3v) is 2.13. The fraction of sp³-hybridized carbons (Fsp3) is 0.333. The first-order valence-corrected chi connectivity index (χ1v) is 4.71. The van der Waals surface area contributed by atoms with Crippen molar-refractivity contribution < 1.29 is 14.2 Å². The smallest absolute Gasteiger partial charge is 0.133 e. The molecule has 0 radical (unpaired) electrons. The Labute approximate surface area is 89.0 Å². The molecule has 1 N–H and O–H groups in total. The van der Waals surface area contributed by atoms with E-state index in [4.69, 9.17) is 4.74 Å². The second kappa shape index (κ2) is 4.45. The molecule has 15 heavy (non-hydrogen) atoms. The predicted molar refractivity (Wildman–Crippen MR) is 57.3 cm³/mol. The maximum atomic E-state index is 12.6. The number of ether oxygens (including phenoxy) is 1. The second-order valence-electron chi connectivity index (χ2n) is 3.84. The van der Waals surface area contributed by atoms with E-state index in [2.05, 4.69) is 6.58 Å². The van der Waals surface area contributed by atoms with E-state index in [1.54, 1.807) is 13.8 Å². The van der Waals surface area contributed by atoms with Crippen molar-refractivity contribution in [2.24, 2.45) is 0 Å². The van der Waals surface area contributed by atoms with Gasteiger partial charge in [-0.25, -0.2) is 4.39 Å². The number of benzene rings is 1. The van der Waals surface area contributed by atoms with Crippen molar-refractivity contribution in [2.75, 3.05) is 0 Å². The van der Waals surface area contributed by atoms with E-state index in [1.807, 2.05) is 0 Å². The first kappa shape index (κ1) is 11.7. The highest BCUT2D eigenvalue weighted by atomic mass is 19.1. The van der Waals surface area contributed by atoms with Gasteiger partial charge in [-0.05, 0) is 38.1 Å². The molecule has 1 aromatic rings. The van der Waals surface area contributed by atoms with Crippen molar-refractivity contribution in [3.8, 4) is 5.75 Å². The highest BCUT2D eigenvalue weighted by molar-refractivity contribution is 5.23. The molecule has 1 aromatic carbocycles. The van der Waals surface area contributed by atoms with Crippen LogP contribution >= 0.6 is 0 Å². The molecule has 0 amide bonds. The largest absolute Gasteiger partial charge is 0.485 e. The summed E-state index contributed by atoms with van der Waals surface area (Å²) in [6.07, 6.45) is 0.631. The van der Waals surface area contributed by atoms with E-state index < -0.39 is 11.7 Å². The maximum Gasteiger partial charge on any atom is 0.133 e. The lowest BCUT2D eigenvalue weighted by Crippen LogP contribution is -2.40. The van der Waals surface area contributed by atoms with E-state index >= 15 is 0 Å². The van der Waals surface area contributed by atoms with E-state index in [9.17, 15) is 9.50 Å². The summed E-state index contributed by atoms with van der Waals surface area (Å²) in [7, 11) is 0. The van der Waals surface area contributed by atoms with Crippen molar-refractivity contribution in [3.63, 3.8) is 0 Å². The van der Waals surface area contributed by atoms with Gasteiger partial charge in [0.1, 0.15) is 23.3 Å². The highest BCUT2D eigenvalue weighted by Gasteiger charge is 2.27. The standard InChI is InChI=1S/C12H15FO2/c1-4-11(14)12(2,3)15-10-7-5-9(13)6-8-10/h4-8,11,14H,1H2,2-3H3. The lowest BCUT2D eigenvalue weighted by Gasteiger charge is -2.29. The van der Waals surface area contributed by atoms with Gasteiger partial charge in [0, 0.05) is 0 Å². The highest BCUT2D eigenvalue weighted by Crippen LogP contribution is 2.21. The molecule has 0 aliphatic rings. The van der Waals surface area contributed by atoms with Crippen molar-refractivity contribution in [1.29, 1.82) is 0 Å². The Morgan fingerprint density at radius 1 is 1.40 bits per heavy atom. The summed E-state index contributed by atoms with van der Waals surface area (Å²) in [5.41, 5.74) is -0.778. The quantitative estimate of drug-likeness (QED) is 0.774. The molecule has 0 saturated carbocycles. The third-order valence-electron chi connectivity index (χ3n) is 2.13. The first-order valence-electron chi connectivity index (χ1n) is 4.71. The summed E-state index contributed by atoms with van der Waals surface area (Å²) < 4.78 is 18.1. The van der Waals surface area contributed by atoms with Gasteiger partial charge < -0.3 is 9.84 Å². The summed E-state index contributed by atoms with van der Waals surface area (Å²) in [5.74, 6) is 0.201. The Balaban J connectivity index is 2.76. The Morgan fingerprint density at radius 2 is 1.93 bits per heavy atom. The van der Waals surface area contributed by atoms with Gasteiger partial charge in [-0.15, -0.1) is 6.58 Å². The van der Waals surface area contributed by atoms with Gasteiger partial charge in [-0.1, -0.05) is 6.08 Å². The lowest BCUT2D eigenvalue weighted by atomic mass is 10.0. The molecule has 0 saturated heterocycles. The molecule has 0 heterocycles. The fourth-order valence-corrected chi connectivity index (χ4v) is 1.15. The minimum Gasteiger partial charge on any atom is -0.485 e. The fourth-order valence-electron chi connectivity index (χ4n) is 1.15. The number of halogens is 1. The Hall–Kier alpha value is -1.35. The molecule has 2 nitrogen and oxygen atoms in total. The zero-order valence-corrected chi connectivity index (χ0v) is 8.90. The molecule has 0 aromatic heterocycles. The van der Waals surface area contributed by atoms with Crippen LogP contribution in [0.25, 0.3) is 0 Å². The predicted octanol–water partition coefficient (Wildman–Crippen LogP) is 2.53. The van der Waals surface area contributed by atoms with Gasteiger partial charge in [-0.3, -0.25) is 0 Å². The second-order valence-corrected chi connectivity index (χ2v) is 3.84. The molecule has 1 rings (SSSR count). The number of aliphatic hydroxyl groups excluding tert-OH is 1. The van der Waals surface area contributed by atoms with Crippen LogP contribution in [0.4, 0.5) is 4.39 Å². The number of rotatable bonds is 4. The molecule has 0 aliphatic carbocycles. The van der Waals surface area contributed by atoms with Gasteiger partial charge in [0.05, 0.1) is 0 Å². The average Bonchev–Trinajstić information content (AvgIpc) is 2.20. The topological polar surface area (TPSA) is 29.5 Å². The van der Waals surface area contributed by atoms with Gasteiger partial charge >= 0.3 is 0 Å². The van der Waals surface area contributed by atoms with Crippen LogP contribution in [0.2, 0.25) is 0 Å².